The molecule has 3 aromatic rings. The third-order valence-electron chi connectivity index (χ3n) is 4.93. The molecule has 0 aromatic heterocycles. The summed E-state index contributed by atoms with van der Waals surface area (Å²) in [5.74, 6) is 0.249. The minimum Gasteiger partial charge on any atom is -0.488 e. The van der Waals surface area contributed by atoms with E-state index in [-0.39, 0.29) is 17.7 Å². The van der Waals surface area contributed by atoms with Gasteiger partial charge in [-0.2, -0.15) is 0 Å². The van der Waals surface area contributed by atoms with Gasteiger partial charge in [0.25, 0.3) is 11.1 Å². The van der Waals surface area contributed by atoms with E-state index in [1.54, 1.807) is 24.3 Å². The summed E-state index contributed by atoms with van der Waals surface area (Å²) >= 11 is 13.3. The maximum atomic E-state index is 13.0. The number of carbonyl (C=O) groups is 2. The number of hydrogen-bond donors (Lipinski definition) is 0. The molecule has 162 valence electrons. The van der Waals surface area contributed by atoms with Crippen LogP contribution in [-0.4, -0.2) is 16.0 Å². The molecule has 1 heterocycles. The summed E-state index contributed by atoms with van der Waals surface area (Å²) in [4.78, 5) is 27.0. The Hall–Kier alpha value is -2.73. The molecular formula is C25H19Cl2NO3S. The normalized spacial score (nSPS) is 15.0. The lowest BCUT2D eigenvalue weighted by Crippen LogP contribution is -2.27. The zero-order valence-corrected chi connectivity index (χ0v) is 19.5. The van der Waals surface area contributed by atoms with Crippen LogP contribution in [0.4, 0.5) is 4.79 Å². The number of imide groups is 1. The Balaban J connectivity index is 1.54. The Kier molecular flexibility index (Phi) is 6.89. The van der Waals surface area contributed by atoms with Crippen molar-refractivity contribution in [3.63, 3.8) is 0 Å². The van der Waals surface area contributed by atoms with Gasteiger partial charge in [-0.05, 0) is 48.5 Å². The van der Waals surface area contributed by atoms with Crippen LogP contribution in [0.3, 0.4) is 0 Å². The van der Waals surface area contributed by atoms with E-state index >= 15 is 0 Å². The Morgan fingerprint density at radius 3 is 2.44 bits per heavy atom. The Morgan fingerprint density at radius 1 is 0.969 bits per heavy atom. The summed E-state index contributed by atoms with van der Waals surface area (Å²) in [6.45, 7) is 2.45. The maximum Gasteiger partial charge on any atom is 0.293 e. The minimum atomic E-state index is -0.385. The third-order valence-corrected chi connectivity index (χ3v) is 6.55. The summed E-state index contributed by atoms with van der Waals surface area (Å²) in [7, 11) is 0. The third kappa shape index (κ3) is 5.01. The molecular weight excluding hydrogens is 465 g/mol. The van der Waals surface area contributed by atoms with E-state index in [0.717, 1.165) is 33.4 Å². The van der Waals surface area contributed by atoms with Gasteiger partial charge in [0.05, 0.1) is 11.4 Å². The fourth-order valence-electron chi connectivity index (χ4n) is 3.31. The predicted molar refractivity (Wildman–Crippen MR) is 130 cm³/mol. The van der Waals surface area contributed by atoms with E-state index in [1.807, 2.05) is 49.4 Å². The lowest BCUT2D eigenvalue weighted by atomic mass is 10.1. The number of nitrogens with zero attached hydrogens (tertiary/aromatic N) is 1. The molecule has 4 nitrogen and oxygen atoms in total. The first-order chi connectivity index (χ1) is 15.4. The van der Waals surface area contributed by atoms with Crippen LogP contribution in [0.1, 0.15) is 22.3 Å². The van der Waals surface area contributed by atoms with Crippen molar-refractivity contribution in [2.75, 3.05) is 0 Å². The quantitative estimate of drug-likeness (QED) is 0.350. The Morgan fingerprint density at radius 2 is 1.69 bits per heavy atom. The zero-order chi connectivity index (χ0) is 22.7. The molecule has 1 aliphatic rings. The van der Waals surface area contributed by atoms with Gasteiger partial charge < -0.3 is 4.74 Å². The number of halogens is 2. The van der Waals surface area contributed by atoms with Crippen LogP contribution >= 0.6 is 35.0 Å². The standard InChI is InChI=1S/C25H19Cl2NO3S/c1-16-6-4-7-17(12-16)15-31-22-11-3-2-8-18(22)13-23-24(29)28(25(30)32-23)14-19-20(26)9-5-10-21(19)27/h2-13H,14-15H2,1H3. The Labute approximate surface area is 200 Å². The molecule has 0 unspecified atom stereocenters. The molecule has 1 saturated heterocycles. The van der Waals surface area contributed by atoms with Crippen molar-refractivity contribution in [3.8, 4) is 5.75 Å². The van der Waals surface area contributed by atoms with Gasteiger partial charge in [-0.1, -0.05) is 77.3 Å². The summed E-state index contributed by atoms with van der Waals surface area (Å²) < 4.78 is 6.01. The topological polar surface area (TPSA) is 46.6 Å². The molecule has 0 radical (unpaired) electrons. The number of rotatable bonds is 6. The molecule has 1 aliphatic heterocycles. The average Bonchev–Trinajstić information content (AvgIpc) is 3.03. The molecule has 2 amide bonds. The van der Waals surface area contributed by atoms with Crippen molar-refractivity contribution in [2.45, 2.75) is 20.1 Å². The zero-order valence-electron chi connectivity index (χ0n) is 17.2. The molecule has 1 fully saturated rings. The van der Waals surface area contributed by atoms with Crippen LogP contribution in [0.15, 0.2) is 71.6 Å². The Bertz CT molecular complexity index is 1210. The van der Waals surface area contributed by atoms with Gasteiger partial charge in [-0.25, -0.2) is 0 Å². The van der Waals surface area contributed by atoms with Crippen molar-refractivity contribution in [1.29, 1.82) is 0 Å². The first-order valence-electron chi connectivity index (χ1n) is 9.88. The molecule has 0 N–H and O–H groups in total. The van der Waals surface area contributed by atoms with Gasteiger partial charge in [0.2, 0.25) is 0 Å². The van der Waals surface area contributed by atoms with Crippen LogP contribution in [-0.2, 0) is 17.9 Å². The lowest BCUT2D eigenvalue weighted by Gasteiger charge is -2.14. The minimum absolute atomic E-state index is 0.0199. The van der Waals surface area contributed by atoms with Gasteiger partial charge in [-0.3, -0.25) is 14.5 Å². The molecule has 3 aromatic carbocycles. The van der Waals surface area contributed by atoms with Crippen LogP contribution in [0, 0.1) is 6.92 Å². The number of amides is 2. The molecule has 32 heavy (non-hydrogen) atoms. The molecule has 7 heteroatoms. The summed E-state index contributed by atoms with van der Waals surface area (Å²) in [5, 5.41) is 0.459. The monoisotopic (exact) mass is 483 g/mol. The second-order valence-corrected chi connectivity index (χ2v) is 9.09. The predicted octanol–water partition coefficient (Wildman–Crippen LogP) is 7.12. The highest BCUT2D eigenvalue weighted by Gasteiger charge is 2.35. The number of ether oxygens (including phenoxy) is 1. The number of hydrogen-bond acceptors (Lipinski definition) is 4. The van der Waals surface area contributed by atoms with Crippen molar-refractivity contribution in [1.82, 2.24) is 4.90 Å². The first kappa shape index (κ1) is 22.5. The molecule has 0 bridgehead atoms. The van der Waals surface area contributed by atoms with E-state index in [2.05, 4.69) is 6.07 Å². The highest BCUT2D eigenvalue weighted by molar-refractivity contribution is 8.18. The molecule has 0 atom stereocenters. The molecule has 0 saturated carbocycles. The van der Waals surface area contributed by atoms with Gasteiger partial charge in [0, 0.05) is 21.2 Å². The van der Waals surface area contributed by atoms with Crippen LogP contribution in [0.25, 0.3) is 6.08 Å². The van der Waals surface area contributed by atoms with Crippen LogP contribution < -0.4 is 4.74 Å². The van der Waals surface area contributed by atoms with Crippen LogP contribution in [0.5, 0.6) is 5.75 Å². The average molecular weight is 484 g/mol. The van der Waals surface area contributed by atoms with Crippen molar-refractivity contribution in [3.05, 3.63) is 104 Å². The molecule has 0 spiro atoms. The lowest BCUT2D eigenvalue weighted by molar-refractivity contribution is -0.123. The number of carbonyl (C=O) groups excluding carboxylic acids is 2. The number of benzene rings is 3. The van der Waals surface area contributed by atoms with E-state index in [0.29, 0.717) is 32.9 Å². The van der Waals surface area contributed by atoms with E-state index in [9.17, 15) is 9.59 Å². The van der Waals surface area contributed by atoms with E-state index in [4.69, 9.17) is 27.9 Å². The highest BCUT2D eigenvalue weighted by atomic mass is 35.5. The van der Waals surface area contributed by atoms with Crippen molar-refractivity contribution in [2.24, 2.45) is 0 Å². The molecule has 4 rings (SSSR count). The summed E-state index contributed by atoms with van der Waals surface area (Å²) in [5.41, 5.74) is 3.48. The summed E-state index contributed by atoms with van der Waals surface area (Å²) in [6.07, 6.45) is 1.69. The number of thioether (sulfide) groups is 1. The highest BCUT2D eigenvalue weighted by Crippen LogP contribution is 2.36. The smallest absolute Gasteiger partial charge is 0.293 e. The maximum absolute atomic E-state index is 13.0. The largest absolute Gasteiger partial charge is 0.488 e. The van der Waals surface area contributed by atoms with Gasteiger partial charge in [0.15, 0.2) is 0 Å². The van der Waals surface area contributed by atoms with Crippen molar-refractivity contribution < 1.29 is 14.3 Å². The summed E-state index contributed by atoms with van der Waals surface area (Å²) in [6, 6.07) is 20.6. The number of aryl methyl sites for hydroxylation is 1. The van der Waals surface area contributed by atoms with Gasteiger partial charge >= 0.3 is 0 Å². The SMILES string of the molecule is Cc1cccc(COc2ccccc2C=C2SC(=O)N(Cc3c(Cl)cccc3Cl)C2=O)c1. The van der Waals surface area contributed by atoms with Gasteiger partial charge in [0.1, 0.15) is 12.4 Å². The van der Waals surface area contributed by atoms with E-state index < -0.39 is 0 Å². The first-order valence-corrected chi connectivity index (χ1v) is 11.5. The van der Waals surface area contributed by atoms with Crippen LogP contribution in [0.2, 0.25) is 10.0 Å². The number of para-hydroxylation sites is 1. The molecule has 0 aliphatic carbocycles. The van der Waals surface area contributed by atoms with Crippen molar-refractivity contribution >= 4 is 52.2 Å². The fraction of sp³-hybridized carbons (Fsp3) is 0.120. The second kappa shape index (κ2) is 9.82. The second-order valence-electron chi connectivity index (χ2n) is 7.28. The fourth-order valence-corrected chi connectivity index (χ4v) is 4.66. The van der Waals surface area contributed by atoms with E-state index in [1.165, 1.54) is 0 Å². The van der Waals surface area contributed by atoms with Gasteiger partial charge in [-0.15, -0.1) is 0 Å².